The molecule has 2 aromatic heterocycles. The van der Waals surface area contributed by atoms with E-state index >= 15 is 0 Å². The molecule has 3 heterocycles. The highest BCUT2D eigenvalue weighted by atomic mass is 16.5. The Kier molecular flexibility index (Phi) is 11.5. The molecule has 1 saturated carbocycles. The van der Waals surface area contributed by atoms with Gasteiger partial charge in [0.2, 0.25) is 5.91 Å². The molecule has 2 bridgehead atoms. The second kappa shape index (κ2) is 17.3. The highest BCUT2D eigenvalue weighted by molar-refractivity contribution is 6.07. The summed E-state index contributed by atoms with van der Waals surface area (Å²) in [6.45, 7) is 8.28. The summed E-state index contributed by atoms with van der Waals surface area (Å²) in [5, 5.41) is 9.60. The van der Waals surface area contributed by atoms with Crippen LogP contribution in [0.3, 0.4) is 0 Å². The molecule has 1 aliphatic heterocycles. The van der Waals surface area contributed by atoms with Gasteiger partial charge < -0.3 is 39.9 Å². The van der Waals surface area contributed by atoms with Crippen molar-refractivity contribution in [3.8, 4) is 11.1 Å². The van der Waals surface area contributed by atoms with Crippen molar-refractivity contribution in [1.82, 2.24) is 40.4 Å². The number of carbonyl (C=O) groups is 4. The number of imidazole rings is 2. The predicted molar refractivity (Wildman–Crippen MR) is 246 cm³/mol. The quantitative estimate of drug-likeness (QED) is 0.0941. The van der Waals surface area contributed by atoms with Gasteiger partial charge in [-0.1, -0.05) is 87.5 Å². The normalized spacial score (nSPS) is 18.4. The Morgan fingerprint density at radius 2 is 1.41 bits per heavy atom. The van der Waals surface area contributed by atoms with E-state index in [1.54, 1.807) is 4.90 Å². The molecule has 4 amide bonds. The van der Waals surface area contributed by atoms with Gasteiger partial charge in [-0.15, -0.1) is 0 Å². The molecule has 14 heteroatoms. The smallest absolute Gasteiger partial charge is 0.407 e. The van der Waals surface area contributed by atoms with E-state index in [1.165, 1.54) is 14.2 Å². The van der Waals surface area contributed by atoms with Gasteiger partial charge in [0.1, 0.15) is 23.7 Å². The molecular weight excluding hydrogens is 809 g/mol. The van der Waals surface area contributed by atoms with Gasteiger partial charge in [0.05, 0.1) is 48.4 Å². The Balaban J connectivity index is 0.991. The minimum absolute atomic E-state index is 0.0602. The third kappa shape index (κ3) is 7.64. The Labute approximate surface area is 371 Å². The topological polar surface area (TPSA) is 175 Å². The number of hydrogen-bond acceptors (Lipinski definition) is 8. The number of aromatic amines is 2. The van der Waals surface area contributed by atoms with Crippen molar-refractivity contribution >= 4 is 67.6 Å². The lowest BCUT2D eigenvalue weighted by Gasteiger charge is -2.36. The number of aromatic nitrogens is 4. The number of piperidine rings is 1. The van der Waals surface area contributed by atoms with E-state index in [2.05, 4.69) is 75.2 Å². The zero-order valence-electron chi connectivity index (χ0n) is 37.0. The number of hydrogen-bond donors (Lipinski definition) is 4. The number of nitrogens with one attached hydrogen (secondary N) is 4. The molecule has 5 aromatic carbocycles. The van der Waals surface area contributed by atoms with Gasteiger partial charge in [-0.05, 0) is 96.2 Å². The third-order valence-electron chi connectivity index (χ3n) is 13.3. The highest BCUT2D eigenvalue weighted by Crippen LogP contribution is 2.51. The maximum Gasteiger partial charge on any atom is 0.407 e. The number of alkyl carbamates (subject to hydrolysis) is 2. The minimum atomic E-state index is -0.888. The monoisotopic (exact) mass is 862 g/mol. The molecule has 64 heavy (non-hydrogen) atoms. The van der Waals surface area contributed by atoms with Crippen LogP contribution in [0, 0.1) is 11.8 Å². The van der Waals surface area contributed by atoms with Crippen molar-refractivity contribution in [3.05, 3.63) is 108 Å². The van der Waals surface area contributed by atoms with Crippen molar-refractivity contribution in [2.45, 2.75) is 83.6 Å². The van der Waals surface area contributed by atoms with E-state index < -0.39 is 24.3 Å². The minimum Gasteiger partial charge on any atom is -0.453 e. The number of nitrogens with zero attached hydrogens (tertiary/aromatic N) is 4. The summed E-state index contributed by atoms with van der Waals surface area (Å²) in [6, 6.07) is 28.2. The van der Waals surface area contributed by atoms with Crippen molar-refractivity contribution in [3.63, 3.8) is 0 Å². The molecule has 0 spiro atoms. The molecule has 6 atom stereocenters. The number of H-pyrrole nitrogens is 2. The zero-order chi connectivity index (χ0) is 44.8. The van der Waals surface area contributed by atoms with Gasteiger partial charge in [-0.25, -0.2) is 19.6 Å². The van der Waals surface area contributed by atoms with Gasteiger partial charge in [-0.3, -0.25) is 9.59 Å². The second-order valence-corrected chi connectivity index (χ2v) is 17.5. The number of fused-ring (bicyclic) bond motifs is 8. The van der Waals surface area contributed by atoms with Crippen LogP contribution in [0.25, 0.3) is 54.7 Å². The molecule has 330 valence electrons. The Morgan fingerprint density at radius 3 is 2.03 bits per heavy atom. The summed E-state index contributed by atoms with van der Waals surface area (Å²) in [5.74, 6) is 1.19. The zero-order valence-corrected chi connectivity index (χ0v) is 37.0. The molecule has 1 saturated heterocycles. The van der Waals surface area contributed by atoms with Crippen LogP contribution in [-0.2, 0) is 19.1 Å². The van der Waals surface area contributed by atoms with E-state index in [0.717, 1.165) is 86.2 Å². The predicted octanol–water partition coefficient (Wildman–Crippen LogP) is 9.24. The highest BCUT2D eigenvalue weighted by Gasteiger charge is 2.51. The number of methoxy groups -OCH3 is 2. The Morgan fingerprint density at radius 1 is 0.781 bits per heavy atom. The number of benzene rings is 5. The fraction of sp³-hybridized carbons (Fsp3) is 0.360. The summed E-state index contributed by atoms with van der Waals surface area (Å²) in [6.07, 6.45) is 2.26. The summed E-state index contributed by atoms with van der Waals surface area (Å²) in [7, 11) is 2.59. The van der Waals surface area contributed by atoms with Crippen LogP contribution in [0.1, 0.15) is 88.7 Å². The van der Waals surface area contributed by atoms with Crippen LogP contribution in [0.4, 0.5) is 9.59 Å². The van der Waals surface area contributed by atoms with E-state index in [1.807, 2.05) is 69.0 Å². The first kappa shape index (κ1) is 42.3. The summed E-state index contributed by atoms with van der Waals surface area (Å²) in [4.78, 5) is 74.0. The first-order valence-corrected chi connectivity index (χ1v) is 22.2. The lowest BCUT2D eigenvalue weighted by molar-refractivity contribution is -0.138. The molecule has 6 unspecified atom stereocenters. The van der Waals surface area contributed by atoms with Crippen molar-refractivity contribution in [1.29, 1.82) is 0 Å². The standard InChI is InChI=1S/C50H54N8O6/c1-7-23-57(47(59)40(27(2)3)55-49(61)63-5)28(4)45-51-38-21-16-32-24-30(14-19-36(32)42(38)53-45)31-15-20-37-33(25-31)17-22-39-43(37)54-46(52-39)44-34-13-18-35(26-34)58(44)48(60)41(56-50(62)64-6)29-11-9-8-10-12-29/h8-12,14-17,19-22,24-25,27-28,34-35,40-41,44H,7,13,18,23,26H2,1-6H3,(H,51,53)(H,52,54)(H,55,61)(H,56,62). The molecule has 4 N–H and O–H groups in total. The number of likely N-dealkylation sites (tertiary alicyclic amines) is 1. The number of ether oxygens (including phenoxy) is 2. The molecular formula is C50H54N8O6. The first-order chi connectivity index (χ1) is 31.0. The first-order valence-electron chi connectivity index (χ1n) is 22.2. The lowest BCUT2D eigenvalue weighted by Crippen LogP contribution is -2.52. The van der Waals surface area contributed by atoms with Crippen LogP contribution in [0.15, 0.2) is 91.0 Å². The van der Waals surface area contributed by atoms with E-state index in [4.69, 9.17) is 19.4 Å². The van der Waals surface area contributed by atoms with E-state index in [9.17, 15) is 19.2 Å². The fourth-order valence-electron chi connectivity index (χ4n) is 10.0. The molecule has 2 aliphatic rings. The van der Waals surface area contributed by atoms with Crippen LogP contribution >= 0.6 is 0 Å². The number of amides is 4. The molecule has 7 aromatic rings. The Bertz CT molecular complexity index is 2910. The maximum absolute atomic E-state index is 14.5. The molecule has 14 nitrogen and oxygen atoms in total. The Hall–Kier alpha value is -6.96. The van der Waals surface area contributed by atoms with Gasteiger partial charge >= 0.3 is 12.2 Å². The molecule has 9 rings (SSSR count). The van der Waals surface area contributed by atoms with Gasteiger partial charge in [0.15, 0.2) is 0 Å². The largest absolute Gasteiger partial charge is 0.453 e. The summed E-state index contributed by atoms with van der Waals surface area (Å²) in [5.41, 5.74) is 6.27. The third-order valence-corrected chi connectivity index (χ3v) is 13.3. The van der Waals surface area contributed by atoms with Gasteiger partial charge in [0, 0.05) is 23.4 Å². The van der Waals surface area contributed by atoms with Crippen LogP contribution in [0.2, 0.25) is 0 Å². The lowest BCUT2D eigenvalue weighted by atomic mass is 9.96. The van der Waals surface area contributed by atoms with Crippen LogP contribution in [-0.4, -0.2) is 86.6 Å². The number of carbonyl (C=O) groups excluding carboxylic acids is 4. The van der Waals surface area contributed by atoms with Gasteiger partial charge in [0.25, 0.3) is 5.91 Å². The van der Waals surface area contributed by atoms with Crippen molar-refractivity contribution in [2.75, 3.05) is 20.8 Å². The van der Waals surface area contributed by atoms with E-state index in [0.29, 0.717) is 17.9 Å². The summed E-state index contributed by atoms with van der Waals surface area (Å²) >= 11 is 0. The molecule has 1 aliphatic carbocycles. The van der Waals surface area contributed by atoms with Crippen molar-refractivity contribution in [2.24, 2.45) is 11.8 Å². The summed E-state index contributed by atoms with van der Waals surface area (Å²) < 4.78 is 9.74. The average molecular weight is 863 g/mol. The fourth-order valence-corrected chi connectivity index (χ4v) is 10.0. The number of rotatable bonds is 12. The SMILES string of the molecule is CCCN(C(=O)C(NC(=O)OC)C(C)C)C(C)c1nc2c(ccc3cc(-c4ccc5c(ccc6[nH]c(C7C8CCC(C8)N7C(=O)C(NC(=O)OC)c7ccccc7)nc65)c4)ccc32)[nH]1. The molecule has 0 radical (unpaired) electrons. The maximum atomic E-state index is 14.5. The van der Waals surface area contributed by atoms with Crippen LogP contribution in [0.5, 0.6) is 0 Å². The average Bonchev–Trinajstić information content (AvgIpc) is 4.14. The van der Waals surface area contributed by atoms with Crippen LogP contribution < -0.4 is 10.6 Å². The van der Waals surface area contributed by atoms with Gasteiger partial charge in [-0.2, -0.15) is 0 Å². The van der Waals surface area contributed by atoms with Crippen molar-refractivity contribution < 1.29 is 28.7 Å². The molecule has 2 fully saturated rings. The second-order valence-electron chi connectivity index (χ2n) is 17.5. The van der Waals surface area contributed by atoms with E-state index in [-0.39, 0.29) is 41.8 Å².